The minimum Gasteiger partial charge on any atom is -0.452 e. The number of ether oxygens (including phenoxy) is 1. The minimum atomic E-state index is -0.581. The largest absolute Gasteiger partial charge is 0.452 e. The molecule has 0 unspecified atom stereocenters. The van der Waals surface area contributed by atoms with Gasteiger partial charge < -0.3 is 15.0 Å². The van der Waals surface area contributed by atoms with Crippen LogP contribution in [0.25, 0.3) is 0 Å². The van der Waals surface area contributed by atoms with E-state index in [2.05, 4.69) is 5.32 Å². The van der Waals surface area contributed by atoms with Gasteiger partial charge in [0.2, 0.25) is 5.91 Å². The van der Waals surface area contributed by atoms with Crippen LogP contribution in [0.3, 0.4) is 0 Å². The number of hydrogen-bond acceptors (Lipinski definition) is 5. The number of nitrogens with zero attached hydrogens (tertiary/aromatic N) is 1. The van der Waals surface area contributed by atoms with Crippen LogP contribution in [0.2, 0.25) is 0 Å². The predicted octanol–water partition coefficient (Wildman–Crippen LogP) is 3.33. The zero-order valence-corrected chi connectivity index (χ0v) is 15.8. The fraction of sp³-hybridized carbons (Fsp3) is 0.250. The van der Waals surface area contributed by atoms with E-state index in [-0.39, 0.29) is 12.5 Å². The van der Waals surface area contributed by atoms with E-state index in [4.69, 9.17) is 4.74 Å². The van der Waals surface area contributed by atoms with Gasteiger partial charge >= 0.3 is 5.97 Å². The molecule has 1 saturated heterocycles. The highest BCUT2D eigenvalue weighted by Gasteiger charge is 2.21. The Morgan fingerprint density at radius 3 is 2.41 bits per heavy atom. The Hall–Kier alpha value is -2.80. The van der Waals surface area contributed by atoms with Crippen LogP contribution < -0.4 is 10.2 Å². The van der Waals surface area contributed by atoms with Crippen molar-refractivity contribution in [2.75, 3.05) is 29.6 Å². The maximum atomic E-state index is 12.1. The molecule has 1 heterocycles. The lowest BCUT2D eigenvalue weighted by Gasteiger charge is -2.15. The topological polar surface area (TPSA) is 75.7 Å². The fourth-order valence-corrected chi connectivity index (χ4v) is 3.19. The molecule has 0 saturated carbocycles. The van der Waals surface area contributed by atoms with Gasteiger partial charge in [-0.1, -0.05) is 0 Å². The third-order valence-corrected chi connectivity index (χ3v) is 4.94. The number of thioether (sulfide) groups is 1. The van der Waals surface area contributed by atoms with Crippen LogP contribution in [0, 0.1) is 0 Å². The van der Waals surface area contributed by atoms with Crippen molar-refractivity contribution in [3.8, 4) is 0 Å². The number of carbonyl (C=O) groups is 3. The second-order valence-corrected chi connectivity index (χ2v) is 6.93. The highest BCUT2D eigenvalue weighted by molar-refractivity contribution is 7.98. The van der Waals surface area contributed by atoms with Gasteiger partial charge in [-0.25, -0.2) is 4.79 Å². The molecular weight excluding hydrogens is 364 g/mol. The first-order valence-electron chi connectivity index (χ1n) is 8.58. The molecule has 0 bridgehead atoms. The van der Waals surface area contributed by atoms with Gasteiger partial charge in [0.25, 0.3) is 5.91 Å². The molecule has 27 heavy (non-hydrogen) atoms. The summed E-state index contributed by atoms with van der Waals surface area (Å²) in [5.74, 6) is -0.894. The van der Waals surface area contributed by atoms with Crippen molar-refractivity contribution in [1.29, 1.82) is 0 Å². The lowest BCUT2D eigenvalue weighted by atomic mass is 10.2. The van der Waals surface area contributed by atoms with Gasteiger partial charge in [0.05, 0.1) is 5.56 Å². The Balaban J connectivity index is 1.50. The molecule has 2 aromatic carbocycles. The first-order valence-corrected chi connectivity index (χ1v) is 9.81. The number of nitrogens with one attached hydrogen (secondary N) is 1. The lowest BCUT2D eigenvalue weighted by Crippen LogP contribution is -2.23. The molecule has 1 fully saturated rings. The number of anilines is 2. The van der Waals surface area contributed by atoms with Crippen molar-refractivity contribution < 1.29 is 19.1 Å². The molecule has 7 heteroatoms. The Bertz CT molecular complexity index is 834. The zero-order chi connectivity index (χ0) is 19.2. The van der Waals surface area contributed by atoms with E-state index in [1.165, 1.54) is 0 Å². The van der Waals surface area contributed by atoms with Crippen LogP contribution in [0.4, 0.5) is 11.4 Å². The zero-order valence-electron chi connectivity index (χ0n) is 14.9. The smallest absolute Gasteiger partial charge is 0.338 e. The van der Waals surface area contributed by atoms with E-state index in [1.807, 2.05) is 18.4 Å². The average molecular weight is 384 g/mol. The Morgan fingerprint density at radius 1 is 1.11 bits per heavy atom. The summed E-state index contributed by atoms with van der Waals surface area (Å²) in [6, 6.07) is 14.0. The van der Waals surface area contributed by atoms with Gasteiger partial charge in [-0.05, 0) is 61.2 Å². The van der Waals surface area contributed by atoms with Crippen LogP contribution in [0.1, 0.15) is 23.2 Å². The lowest BCUT2D eigenvalue weighted by molar-refractivity contribution is -0.119. The molecule has 1 N–H and O–H groups in total. The molecule has 0 atom stereocenters. The van der Waals surface area contributed by atoms with Gasteiger partial charge in [0.1, 0.15) is 0 Å². The van der Waals surface area contributed by atoms with Crippen molar-refractivity contribution in [3.05, 3.63) is 54.1 Å². The maximum Gasteiger partial charge on any atom is 0.338 e. The van der Waals surface area contributed by atoms with Gasteiger partial charge in [-0.3, -0.25) is 9.59 Å². The summed E-state index contributed by atoms with van der Waals surface area (Å²) >= 11 is 1.61. The molecule has 3 rings (SSSR count). The van der Waals surface area contributed by atoms with Crippen molar-refractivity contribution in [2.24, 2.45) is 0 Å². The third kappa shape index (κ3) is 4.89. The molecule has 2 aromatic rings. The summed E-state index contributed by atoms with van der Waals surface area (Å²) in [7, 11) is 0. The summed E-state index contributed by atoms with van der Waals surface area (Å²) in [5, 5.41) is 2.68. The van der Waals surface area contributed by atoms with Gasteiger partial charge in [-0.2, -0.15) is 0 Å². The Labute approximate surface area is 161 Å². The van der Waals surface area contributed by atoms with Crippen LogP contribution >= 0.6 is 11.8 Å². The molecule has 0 radical (unpaired) electrons. The van der Waals surface area contributed by atoms with Gasteiger partial charge in [0.15, 0.2) is 6.61 Å². The molecule has 1 aliphatic rings. The van der Waals surface area contributed by atoms with Crippen molar-refractivity contribution >= 4 is 40.9 Å². The predicted molar refractivity (Wildman–Crippen MR) is 105 cm³/mol. The molecule has 1 aliphatic heterocycles. The minimum absolute atomic E-state index is 0.0903. The molecule has 2 amide bonds. The van der Waals surface area contributed by atoms with E-state index >= 15 is 0 Å². The first kappa shape index (κ1) is 19.0. The molecule has 6 nitrogen and oxygen atoms in total. The SMILES string of the molecule is CSc1ccc(NC(=O)COC(=O)c2ccc(N3CCCC3=O)cc2)cc1. The number of hydrogen-bond donors (Lipinski definition) is 1. The van der Waals surface area contributed by atoms with Crippen LogP contribution in [-0.2, 0) is 14.3 Å². The van der Waals surface area contributed by atoms with Gasteiger partial charge in [-0.15, -0.1) is 11.8 Å². The summed E-state index contributed by atoms with van der Waals surface area (Å²) in [6.07, 6.45) is 3.37. The van der Waals surface area contributed by atoms with E-state index in [0.717, 1.165) is 17.0 Å². The number of amides is 2. The van der Waals surface area contributed by atoms with E-state index in [1.54, 1.807) is 53.1 Å². The van der Waals surface area contributed by atoms with E-state index in [0.29, 0.717) is 24.2 Å². The Kier molecular flexibility index (Phi) is 6.13. The van der Waals surface area contributed by atoms with Crippen molar-refractivity contribution in [2.45, 2.75) is 17.7 Å². The van der Waals surface area contributed by atoms with Crippen LogP contribution in [0.5, 0.6) is 0 Å². The second kappa shape index (κ2) is 8.73. The molecule has 0 aromatic heterocycles. The van der Waals surface area contributed by atoms with E-state index in [9.17, 15) is 14.4 Å². The monoisotopic (exact) mass is 384 g/mol. The standard InChI is InChI=1S/C20H20N2O4S/c1-27-17-10-6-15(7-11-17)21-18(23)13-26-20(25)14-4-8-16(9-5-14)22-12-2-3-19(22)24/h4-11H,2-3,12-13H2,1H3,(H,21,23). The fourth-order valence-electron chi connectivity index (χ4n) is 2.78. The maximum absolute atomic E-state index is 12.1. The second-order valence-electron chi connectivity index (χ2n) is 6.05. The molecule has 0 spiro atoms. The number of rotatable bonds is 6. The Morgan fingerprint density at radius 2 is 1.81 bits per heavy atom. The summed E-state index contributed by atoms with van der Waals surface area (Å²) in [5.41, 5.74) is 1.75. The first-order chi connectivity index (χ1) is 13.1. The van der Waals surface area contributed by atoms with Gasteiger partial charge in [0, 0.05) is 29.2 Å². The molecular formula is C20H20N2O4S. The molecule has 140 valence electrons. The quantitative estimate of drug-likeness (QED) is 0.611. The number of esters is 1. The highest BCUT2D eigenvalue weighted by atomic mass is 32.2. The normalized spacial score (nSPS) is 13.5. The summed E-state index contributed by atoms with van der Waals surface area (Å²) < 4.78 is 5.06. The third-order valence-electron chi connectivity index (χ3n) is 4.20. The van der Waals surface area contributed by atoms with Crippen LogP contribution in [-0.4, -0.2) is 37.2 Å². The number of benzene rings is 2. The number of carbonyl (C=O) groups excluding carboxylic acids is 3. The summed E-state index contributed by atoms with van der Waals surface area (Å²) in [6.45, 7) is 0.330. The summed E-state index contributed by atoms with van der Waals surface area (Å²) in [4.78, 5) is 38.6. The van der Waals surface area contributed by atoms with E-state index < -0.39 is 11.9 Å². The molecule has 0 aliphatic carbocycles. The average Bonchev–Trinajstić information content (AvgIpc) is 3.13. The highest BCUT2D eigenvalue weighted by Crippen LogP contribution is 2.22. The van der Waals surface area contributed by atoms with Crippen molar-refractivity contribution in [3.63, 3.8) is 0 Å². The van der Waals surface area contributed by atoms with Crippen molar-refractivity contribution in [1.82, 2.24) is 0 Å². The van der Waals surface area contributed by atoms with Crippen LogP contribution in [0.15, 0.2) is 53.4 Å².